The molecule has 0 aromatic heterocycles. The van der Waals surface area contributed by atoms with Crippen LogP contribution in [0.1, 0.15) is 0 Å². The van der Waals surface area contributed by atoms with E-state index < -0.39 is 24.5 Å². The van der Waals surface area contributed by atoms with Crippen molar-refractivity contribution in [1.82, 2.24) is 0 Å². The minimum atomic E-state index is -4.94. The van der Waals surface area contributed by atoms with Gasteiger partial charge in [-0.3, -0.25) is 0 Å². The summed E-state index contributed by atoms with van der Waals surface area (Å²) in [6.07, 6.45) is -9.55. The quantitative estimate of drug-likeness (QED) is 0.521. The van der Waals surface area contributed by atoms with Crippen molar-refractivity contribution in [2.75, 3.05) is 6.61 Å². The van der Waals surface area contributed by atoms with Gasteiger partial charge in [-0.25, -0.2) is 4.39 Å². The van der Waals surface area contributed by atoms with Gasteiger partial charge >= 0.3 is 12.3 Å². The largest absolute Gasteiger partial charge is 0.412 e. The Labute approximate surface area is 68.2 Å². The van der Waals surface area contributed by atoms with Crippen molar-refractivity contribution in [3.05, 3.63) is 0 Å². The van der Waals surface area contributed by atoms with Crippen LogP contribution in [-0.2, 0) is 4.74 Å². The maximum absolute atomic E-state index is 11.8. The fourth-order valence-corrected chi connectivity index (χ4v) is 0.304. The van der Waals surface area contributed by atoms with Crippen LogP contribution in [0.25, 0.3) is 0 Å². The molecule has 0 bridgehead atoms. The van der Waals surface area contributed by atoms with E-state index in [1.165, 1.54) is 0 Å². The Morgan fingerprint density at radius 3 is 1.83 bits per heavy atom. The van der Waals surface area contributed by atoms with Gasteiger partial charge in [0, 0.05) is 0 Å². The number of halogens is 7. The van der Waals surface area contributed by atoms with Gasteiger partial charge < -0.3 is 4.74 Å². The molecule has 1 unspecified atom stereocenters. The normalized spacial score (nSPS) is 16.2. The summed E-state index contributed by atoms with van der Waals surface area (Å²) in [5, 5.41) is 0. The van der Waals surface area contributed by atoms with Crippen LogP contribution in [0.2, 0.25) is 0 Å². The first-order chi connectivity index (χ1) is 5.15. The molecule has 1 atom stereocenters. The number of hydrogen-bond donors (Lipinski definition) is 0. The van der Waals surface area contributed by atoms with Gasteiger partial charge in [0.2, 0.25) is 0 Å². The third kappa shape index (κ3) is 4.66. The molecule has 0 spiro atoms. The predicted molar refractivity (Wildman–Crippen MR) is 27.7 cm³/mol. The summed E-state index contributed by atoms with van der Waals surface area (Å²) in [5.74, 6) is 0. The Balaban J connectivity index is 3.93. The van der Waals surface area contributed by atoms with Gasteiger partial charge in [0.1, 0.15) is 6.61 Å². The lowest BCUT2D eigenvalue weighted by atomic mass is 10.6. The van der Waals surface area contributed by atoms with Gasteiger partial charge in [-0.05, 0) is 0 Å². The molecule has 0 aliphatic heterocycles. The monoisotopic (exact) mass is 216 g/mol. The third-order valence-corrected chi connectivity index (χ3v) is 0.936. The molecule has 0 aliphatic rings. The van der Waals surface area contributed by atoms with Crippen LogP contribution < -0.4 is 0 Å². The number of alkyl halides is 7. The lowest BCUT2D eigenvalue weighted by molar-refractivity contribution is -0.299. The maximum Gasteiger partial charge on any atom is 0.412 e. The third-order valence-electron chi connectivity index (χ3n) is 0.682. The first-order valence-electron chi connectivity index (χ1n) is 2.52. The smallest absolute Gasteiger partial charge is 0.308 e. The molecule has 74 valence electrons. The van der Waals surface area contributed by atoms with Crippen molar-refractivity contribution in [3.8, 4) is 0 Å². The van der Waals surface area contributed by atoms with Crippen molar-refractivity contribution in [2.24, 2.45) is 0 Å². The molecule has 0 aromatic rings. The number of rotatable bonds is 3. The highest BCUT2D eigenvalue weighted by Gasteiger charge is 2.44. The van der Waals surface area contributed by atoms with Crippen molar-refractivity contribution < 1.29 is 31.1 Å². The van der Waals surface area contributed by atoms with Gasteiger partial charge in [0.25, 0.3) is 5.63 Å². The van der Waals surface area contributed by atoms with Gasteiger partial charge in [0.05, 0.1) is 0 Å². The fraction of sp³-hybridized carbons (Fsp3) is 1.00. The van der Waals surface area contributed by atoms with E-state index in [0.717, 1.165) is 0 Å². The van der Waals surface area contributed by atoms with E-state index in [2.05, 4.69) is 16.3 Å². The molecule has 1 nitrogen and oxygen atoms in total. The summed E-state index contributed by atoms with van der Waals surface area (Å²) in [4.78, 5) is 0. The summed E-state index contributed by atoms with van der Waals surface area (Å²) in [6, 6.07) is 0. The van der Waals surface area contributed by atoms with Crippen molar-refractivity contribution >= 4 is 11.6 Å². The molecular weight excluding hydrogens is 213 g/mol. The number of hydrogen-bond acceptors (Lipinski definition) is 1. The minimum absolute atomic E-state index is 2.24. The molecular formula is C4H3ClF6O. The van der Waals surface area contributed by atoms with E-state index in [1.54, 1.807) is 0 Å². The van der Waals surface area contributed by atoms with Gasteiger partial charge in [-0.15, -0.1) is 0 Å². The first kappa shape index (κ1) is 11.8. The SMILES string of the molecule is FC(Cl)C(F)(F)OCC(F)(F)F. The van der Waals surface area contributed by atoms with Gasteiger partial charge in [0.15, 0.2) is 0 Å². The van der Waals surface area contributed by atoms with E-state index >= 15 is 0 Å². The molecule has 0 saturated carbocycles. The molecule has 0 amide bonds. The van der Waals surface area contributed by atoms with Crippen molar-refractivity contribution in [2.45, 2.75) is 17.9 Å². The van der Waals surface area contributed by atoms with E-state index in [9.17, 15) is 26.3 Å². The van der Waals surface area contributed by atoms with E-state index in [4.69, 9.17) is 0 Å². The van der Waals surface area contributed by atoms with Crippen molar-refractivity contribution in [3.63, 3.8) is 0 Å². The molecule has 0 rings (SSSR count). The molecule has 12 heavy (non-hydrogen) atoms. The zero-order valence-electron chi connectivity index (χ0n) is 5.34. The Kier molecular flexibility index (Phi) is 3.64. The molecule has 0 heterocycles. The lowest BCUT2D eigenvalue weighted by Gasteiger charge is -2.17. The van der Waals surface area contributed by atoms with E-state index in [0.29, 0.717) is 0 Å². The van der Waals surface area contributed by atoms with Crippen LogP contribution in [0.5, 0.6) is 0 Å². The molecule has 0 saturated heterocycles. The maximum atomic E-state index is 11.8. The highest BCUT2D eigenvalue weighted by Crippen LogP contribution is 2.28. The van der Waals surface area contributed by atoms with Crippen LogP contribution in [0, 0.1) is 0 Å². The average Bonchev–Trinajstić information content (AvgIpc) is 1.82. The summed E-state index contributed by atoms with van der Waals surface area (Å²) < 4.78 is 71.8. The van der Waals surface area contributed by atoms with Gasteiger partial charge in [-0.1, -0.05) is 11.6 Å². The second kappa shape index (κ2) is 3.69. The zero-order valence-corrected chi connectivity index (χ0v) is 6.09. The Hall–Kier alpha value is -0.170. The molecule has 0 radical (unpaired) electrons. The Morgan fingerprint density at radius 2 is 1.58 bits per heavy atom. The molecule has 0 aliphatic carbocycles. The first-order valence-corrected chi connectivity index (χ1v) is 2.95. The van der Waals surface area contributed by atoms with Crippen LogP contribution in [0.4, 0.5) is 26.3 Å². The second-order valence-corrected chi connectivity index (χ2v) is 2.15. The molecule has 0 N–H and O–H groups in total. The molecule has 0 aromatic carbocycles. The predicted octanol–water partition coefficient (Wildman–Crippen LogP) is 2.69. The lowest BCUT2D eigenvalue weighted by Crippen LogP contribution is -2.33. The fourth-order valence-electron chi connectivity index (χ4n) is 0.241. The molecule has 0 fully saturated rings. The summed E-state index contributed by atoms with van der Waals surface area (Å²) in [6.45, 7) is -2.24. The second-order valence-electron chi connectivity index (χ2n) is 1.77. The Morgan fingerprint density at radius 1 is 1.17 bits per heavy atom. The van der Waals surface area contributed by atoms with Crippen LogP contribution in [0.3, 0.4) is 0 Å². The highest BCUT2D eigenvalue weighted by atomic mass is 35.5. The van der Waals surface area contributed by atoms with Crippen LogP contribution in [-0.4, -0.2) is 24.5 Å². The van der Waals surface area contributed by atoms with Crippen LogP contribution in [0.15, 0.2) is 0 Å². The highest BCUT2D eigenvalue weighted by molar-refractivity contribution is 6.20. The zero-order chi connectivity index (χ0) is 9.99. The van der Waals surface area contributed by atoms with E-state index in [-0.39, 0.29) is 0 Å². The summed E-state index contributed by atoms with van der Waals surface area (Å²) in [7, 11) is 0. The molecule has 8 heteroatoms. The Bertz CT molecular complexity index is 143. The van der Waals surface area contributed by atoms with E-state index in [1.807, 2.05) is 0 Å². The van der Waals surface area contributed by atoms with Crippen molar-refractivity contribution in [1.29, 1.82) is 0 Å². The summed E-state index contributed by atoms with van der Waals surface area (Å²) >= 11 is 4.19. The van der Waals surface area contributed by atoms with Gasteiger partial charge in [-0.2, -0.15) is 22.0 Å². The number of ether oxygens (including phenoxy) is 1. The standard InChI is InChI=1S/C4H3ClF6O/c5-2(6)4(10,11)12-1-3(7,8)9/h2H,1H2. The average molecular weight is 217 g/mol. The minimum Gasteiger partial charge on any atom is -0.308 e. The topological polar surface area (TPSA) is 9.23 Å². The summed E-state index contributed by atoms with van der Waals surface area (Å²) in [5.41, 5.74) is -3.29. The van der Waals surface area contributed by atoms with Crippen LogP contribution >= 0.6 is 11.6 Å².